The Hall–Kier alpha value is -4.64. The van der Waals surface area contributed by atoms with Gasteiger partial charge in [0.2, 0.25) is 23.1 Å². The maximum Gasteiger partial charge on any atom is 0.233 e. The molecule has 0 amide bonds. The first-order valence-electron chi connectivity index (χ1n) is 10.4. The number of carbonyl (C=O) groups excluding carboxylic acids is 4. The van der Waals surface area contributed by atoms with Crippen LogP contribution in [0.4, 0.5) is 0 Å². The highest BCUT2D eigenvalue weighted by molar-refractivity contribution is 6.50. The van der Waals surface area contributed by atoms with E-state index in [1.54, 1.807) is 97.1 Å². The molecule has 5 nitrogen and oxygen atoms in total. The van der Waals surface area contributed by atoms with Crippen molar-refractivity contribution in [1.29, 1.82) is 0 Å². The molecule has 0 bridgehead atoms. The van der Waals surface area contributed by atoms with Gasteiger partial charge in [-0.1, -0.05) is 60.7 Å². The summed E-state index contributed by atoms with van der Waals surface area (Å²) in [5.74, 6) is -2.38. The number of Topliss-reactive ketones (excluding diaryl/α,β-unsaturated/α-hetero) is 4. The molecule has 0 spiro atoms. The predicted molar refractivity (Wildman–Crippen MR) is 126 cm³/mol. The zero-order valence-electron chi connectivity index (χ0n) is 17.4. The van der Waals surface area contributed by atoms with E-state index in [2.05, 4.69) is 4.98 Å². The monoisotopic (exact) mass is 431 g/mol. The normalized spacial score (nSPS) is 10.9. The van der Waals surface area contributed by atoms with Gasteiger partial charge in [-0.3, -0.25) is 19.2 Å². The van der Waals surface area contributed by atoms with Gasteiger partial charge in [-0.15, -0.1) is 0 Å². The third-order valence-corrected chi connectivity index (χ3v) is 5.61. The minimum atomic E-state index is -0.607. The van der Waals surface area contributed by atoms with Crippen molar-refractivity contribution in [3.63, 3.8) is 0 Å². The standard InChI is InChI=1S/C28H17NO4/c30-25(17-7-3-1-4-8-17)27(32)19-11-13-23-21(15-19)22-16-20(12-14-24(22)29-23)28(33)26(31)18-9-5-2-6-10-18/h1-16,29H. The zero-order valence-corrected chi connectivity index (χ0v) is 17.4. The number of fused-ring (bicyclic) bond motifs is 3. The summed E-state index contributed by atoms with van der Waals surface area (Å²) in [6.45, 7) is 0. The van der Waals surface area contributed by atoms with E-state index in [1.165, 1.54) is 0 Å². The van der Waals surface area contributed by atoms with Crippen molar-refractivity contribution < 1.29 is 19.2 Å². The van der Waals surface area contributed by atoms with Gasteiger partial charge in [-0.05, 0) is 36.4 Å². The molecule has 1 N–H and O–H groups in total. The molecule has 0 atom stereocenters. The number of H-pyrrole nitrogens is 1. The van der Waals surface area contributed by atoms with E-state index in [0.29, 0.717) is 21.9 Å². The van der Waals surface area contributed by atoms with E-state index >= 15 is 0 Å². The highest BCUT2D eigenvalue weighted by atomic mass is 16.2. The molecule has 1 aromatic heterocycles. The van der Waals surface area contributed by atoms with Gasteiger partial charge in [0, 0.05) is 44.1 Å². The second-order valence-corrected chi connectivity index (χ2v) is 7.69. The topological polar surface area (TPSA) is 84.1 Å². The molecule has 0 aliphatic heterocycles. The molecule has 0 fully saturated rings. The Morgan fingerprint density at radius 2 is 0.788 bits per heavy atom. The maximum absolute atomic E-state index is 12.8. The lowest BCUT2D eigenvalue weighted by Crippen LogP contribution is -2.14. The largest absolute Gasteiger partial charge is 0.355 e. The average Bonchev–Trinajstić information content (AvgIpc) is 3.25. The molecule has 1 heterocycles. The van der Waals surface area contributed by atoms with Crippen LogP contribution in [0.1, 0.15) is 41.4 Å². The highest BCUT2D eigenvalue weighted by Gasteiger charge is 2.21. The third kappa shape index (κ3) is 3.66. The Morgan fingerprint density at radius 3 is 1.18 bits per heavy atom. The molecule has 0 aliphatic carbocycles. The summed E-state index contributed by atoms with van der Waals surface area (Å²) in [5, 5.41) is 1.39. The molecule has 0 saturated heterocycles. The minimum absolute atomic E-state index is 0.259. The summed E-state index contributed by atoms with van der Waals surface area (Å²) < 4.78 is 0. The molecule has 5 rings (SSSR count). The van der Waals surface area contributed by atoms with Gasteiger partial charge in [0.25, 0.3) is 0 Å². The number of hydrogen-bond acceptors (Lipinski definition) is 4. The number of rotatable bonds is 6. The molecule has 0 unspecified atom stereocenters. The fourth-order valence-corrected chi connectivity index (χ4v) is 3.88. The molecule has 0 aliphatic rings. The lowest BCUT2D eigenvalue weighted by Gasteiger charge is -2.03. The van der Waals surface area contributed by atoms with Crippen LogP contribution >= 0.6 is 0 Å². The number of ketones is 4. The first-order chi connectivity index (χ1) is 16.0. The van der Waals surface area contributed by atoms with Crippen LogP contribution < -0.4 is 0 Å². The van der Waals surface area contributed by atoms with Crippen molar-refractivity contribution in [2.75, 3.05) is 0 Å². The van der Waals surface area contributed by atoms with Gasteiger partial charge in [0.1, 0.15) is 0 Å². The van der Waals surface area contributed by atoms with Gasteiger partial charge >= 0.3 is 0 Å². The van der Waals surface area contributed by atoms with Crippen molar-refractivity contribution in [3.8, 4) is 0 Å². The van der Waals surface area contributed by atoms with E-state index in [1.807, 2.05) is 0 Å². The van der Waals surface area contributed by atoms with Crippen LogP contribution in [-0.2, 0) is 0 Å². The molecule has 5 aromatic rings. The van der Waals surface area contributed by atoms with Crippen LogP contribution in [0.25, 0.3) is 21.8 Å². The lowest BCUT2D eigenvalue weighted by molar-refractivity contribution is 0.0817. The third-order valence-electron chi connectivity index (χ3n) is 5.61. The van der Waals surface area contributed by atoms with Crippen LogP contribution in [-0.4, -0.2) is 28.1 Å². The SMILES string of the molecule is O=C(C(=O)c1ccc2[nH]c3ccc(C(=O)C(=O)c4ccccc4)cc3c2c1)c1ccccc1. The van der Waals surface area contributed by atoms with Gasteiger partial charge in [-0.2, -0.15) is 0 Å². The predicted octanol–water partition coefficient (Wildman–Crippen LogP) is 5.45. The van der Waals surface area contributed by atoms with E-state index < -0.39 is 23.1 Å². The summed E-state index contributed by atoms with van der Waals surface area (Å²) in [4.78, 5) is 54.1. The number of aromatic amines is 1. The van der Waals surface area contributed by atoms with E-state index in [4.69, 9.17) is 0 Å². The quantitative estimate of drug-likeness (QED) is 0.286. The van der Waals surface area contributed by atoms with E-state index in [9.17, 15) is 19.2 Å². The summed E-state index contributed by atoms with van der Waals surface area (Å²) >= 11 is 0. The second-order valence-electron chi connectivity index (χ2n) is 7.69. The van der Waals surface area contributed by atoms with Crippen molar-refractivity contribution in [3.05, 3.63) is 119 Å². The highest BCUT2D eigenvalue weighted by Crippen LogP contribution is 2.28. The summed E-state index contributed by atoms with van der Waals surface area (Å²) in [5.41, 5.74) is 2.69. The van der Waals surface area contributed by atoms with Gasteiger partial charge < -0.3 is 4.98 Å². The molecular weight excluding hydrogens is 414 g/mol. The molecule has 158 valence electrons. The molecule has 4 aromatic carbocycles. The van der Waals surface area contributed by atoms with Gasteiger partial charge in [-0.25, -0.2) is 0 Å². The van der Waals surface area contributed by atoms with Crippen molar-refractivity contribution in [2.24, 2.45) is 0 Å². The Kier molecular flexibility index (Phi) is 4.99. The molecule has 0 radical (unpaired) electrons. The summed E-state index contributed by atoms with van der Waals surface area (Å²) in [7, 11) is 0. The van der Waals surface area contributed by atoms with Gasteiger partial charge in [0.15, 0.2) is 0 Å². The molecule has 5 heteroatoms. The second kappa shape index (κ2) is 8.13. The molecular formula is C28H17NO4. The van der Waals surface area contributed by atoms with Crippen LogP contribution in [0.15, 0.2) is 97.1 Å². The van der Waals surface area contributed by atoms with Crippen LogP contribution in [0.5, 0.6) is 0 Å². The number of aromatic nitrogens is 1. The average molecular weight is 431 g/mol. The Morgan fingerprint density at radius 1 is 0.424 bits per heavy atom. The number of benzene rings is 4. The fourth-order valence-electron chi connectivity index (χ4n) is 3.88. The van der Waals surface area contributed by atoms with Crippen molar-refractivity contribution in [2.45, 2.75) is 0 Å². The minimum Gasteiger partial charge on any atom is -0.355 e. The zero-order chi connectivity index (χ0) is 22.9. The van der Waals surface area contributed by atoms with Crippen molar-refractivity contribution >= 4 is 44.9 Å². The number of hydrogen-bond donors (Lipinski definition) is 1. The number of nitrogens with one attached hydrogen (secondary N) is 1. The first kappa shape index (κ1) is 20.3. The Labute approximate surface area is 188 Å². The fraction of sp³-hybridized carbons (Fsp3) is 0. The summed E-state index contributed by atoms with van der Waals surface area (Å²) in [6.07, 6.45) is 0. The van der Waals surface area contributed by atoms with Crippen LogP contribution in [0.3, 0.4) is 0 Å². The molecule has 0 saturated carbocycles. The van der Waals surface area contributed by atoms with Crippen LogP contribution in [0.2, 0.25) is 0 Å². The number of carbonyl (C=O) groups is 4. The Bertz CT molecular complexity index is 1450. The first-order valence-corrected chi connectivity index (χ1v) is 10.4. The Balaban J connectivity index is 1.54. The van der Waals surface area contributed by atoms with E-state index in [0.717, 1.165) is 11.0 Å². The molecule has 33 heavy (non-hydrogen) atoms. The summed E-state index contributed by atoms with van der Waals surface area (Å²) in [6, 6.07) is 26.8. The smallest absolute Gasteiger partial charge is 0.233 e. The van der Waals surface area contributed by atoms with Crippen molar-refractivity contribution in [1.82, 2.24) is 4.98 Å². The van der Waals surface area contributed by atoms with E-state index in [-0.39, 0.29) is 11.1 Å². The van der Waals surface area contributed by atoms with Crippen LogP contribution in [0, 0.1) is 0 Å². The maximum atomic E-state index is 12.8. The lowest BCUT2D eigenvalue weighted by atomic mass is 9.98. The van der Waals surface area contributed by atoms with Gasteiger partial charge in [0.05, 0.1) is 0 Å².